The first kappa shape index (κ1) is 11.1. The Kier molecular flexibility index (Phi) is 2.56. The summed E-state index contributed by atoms with van der Waals surface area (Å²) in [5.74, 6) is 1.06. The van der Waals surface area contributed by atoms with Crippen LogP contribution in [0.15, 0.2) is 36.4 Å². The first-order valence-corrected chi connectivity index (χ1v) is 6.99. The number of nitrogens with one attached hydrogen (secondary N) is 1. The number of ether oxygens (including phenoxy) is 1. The maximum Gasteiger partial charge on any atom is 0.122 e. The lowest BCUT2D eigenvalue weighted by atomic mass is 9.91. The third kappa shape index (κ3) is 1.83. The summed E-state index contributed by atoms with van der Waals surface area (Å²) >= 11 is 0. The molecule has 4 rings (SSSR count). The second-order valence-corrected chi connectivity index (χ2v) is 5.29. The Balaban J connectivity index is 1.84. The Morgan fingerprint density at radius 3 is 3.00 bits per heavy atom. The molecule has 0 atom stereocenters. The van der Waals surface area contributed by atoms with Crippen LogP contribution in [0, 0.1) is 0 Å². The molecule has 0 amide bonds. The predicted molar refractivity (Wildman–Crippen MR) is 76.5 cm³/mol. The van der Waals surface area contributed by atoms with Gasteiger partial charge < -0.3 is 10.1 Å². The molecule has 0 saturated carbocycles. The van der Waals surface area contributed by atoms with Crippen LogP contribution in [0.25, 0.3) is 11.1 Å². The molecule has 0 bridgehead atoms. The molecule has 0 spiro atoms. The minimum atomic E-state index is 0.827. The van der Waals surface area contributed by atoms with Crippen molar-refractivity contribution in [3.63, 3.8) is 0 Å². The van der Waals surface area contributed by atoms with Crippen LogP contribution in [-0.4, -0.2) is 13.2 Å². The Morgan fingerprint density at radius 2 is 2.00 bits per heavy atom. The molecule has 0 saturated heterocycles. The number of benzene rings is 2. The third-order valence-corrected chi connectivity index (χ3v) is 4.15. The van der Waals surface area contributed by atoms with Gasteiger partial charge in [0, 0.05) is 13.0 Å². The summed E-state index contributed by atoms with van der Waals surface area (Å²) in [6.07, 6.45) is 2.17. The molecule has 0 unspecified atom stereocenters. The van der Waals surface area contributed by atoms with E-state index in [4.69, 9.17) is 4.74 Å². The standard InChI is InChI=1S/C17H17NO/c1-2-12-6-8-18-11-16(12)15(3-1)13-4-5-17-14(10-13)7-9-19-17/h1-5,10,18H,6-9,11H2. The van der Waals surface area contributed by atoms with Gasteiger partial charge in [0.05, 0.1) is 6.61 Å². The van der Waals surface area contributed by atoms with Crippen molar-refractivity contribution in [1.29, 1.82) is 0 Å². The highest BCUT2D eigenvalue weighted by atomic mass is 16.5. The van der Waals surface area contributed by atoms with Crippen molar-refractivity contribution < 1.29 is 4.74 Å². The molecule has 2 heterocycles. The molecule has 2 nitrogen and oxygen atoms in total. The fourth-order valence-electron chi connectivity index (χ4n) is 3.14. The van der Waals surface area contributed by atoms with Crippen LogP contribution in [-0.2, 0) is 19.4 Å². The van der Waals surface area contributed by atoms with Gasteiger partial charge in [-0.15, -0.1) is 0 Å². The van der Waals surface area contributed by atoms with Gasteiger partial charge in [0.1, 0.15) is 5.75 Å². The van der Waals surface area contributed by atoms with Crippen LogP contribution < -0.4 is 10.1 Å². The smallest absolute Gasteiger partial charge is 0.122 e. The predicted octanol–water partition coefficient (Wildman–Crippen LogP) is 2.93. The van der Waals surface area contributed by atoms with Crippen LogP contribution in [0.1, 0.15) is 16.7 Å². The van der Waals surface area contributed by atoms with Crippen molar-refractivity contribution in [3.8, 4) is 16.9 Å². The van der Waals surface area contributed by atoms with Crippen LogP contribution in [0.4, 0.5) is 0 Å². The summed E-state index contributed by atoms with van der Waals surface area (Å²) in [7, 11) is 0. The largest absolute Gasteiger partial charge is 0.493 e. The summed E-state index contributed by atoms with van der Waals surface area (Å²) in [5.41, 5.74) is 7.00. The normalized spacial score (nSPS) is 16.6. The highest BCUT2D eigenvalue weighted by molar-refractivity contribution is 5.71. The van der Waals surface area contributed by atoms with E-state index in [1.807, 2.05) is 0 Å². The van der Waals surface area contributed by atoms with Crippen molar-refractivity contribution >= 4 is 0 Å². The molecular weight excluding hydrogens is 234 g/mol. The number of hydrogen-bond donors (Lipinski definition) is 1. The molecule has 2 aromatic carbocycles. The molecule has 0 aliphatic carbocycles. The van der Waals surface area contributed by atoms with E-state index in [0.717, 1.165) is 38.3 Å². The molecule has 0 radical (unpaired) electrons. The van der Waals surface area contributed by atoms with E-state index in [9.17, 15) is 0 Å². The lowest BCUT2D eigenvalue weighted by Gasteiger charge is -2.20. The fourth-order valence-corrected chi connectivity index (χ4v) is 3.14. The van der Waals surface area contributed by atoms with E-state index in [0.29, 0.717) is 0 Å². The van der Waals surface area contributed by atoms with E-state index in [2.05, 4.69) is 41.7 Å². The Morgan fingerprint density at radius 1 is 1.00 bits per heavy atom. The molecule has 2 aliphatic rings. The zero-order chi connectivity index (χ0) is 12.7. The summed E-state index contributed by atoms with van der Waals surface area (Å²) in [4.78, 5) is 0. The molecule has 0 fully saturated rings. The van der Waals surface area contributed by atoms with Crippen LogP contribution >= 0.6 is 0 Å². The van der Waals surface area contributed by atoms with Crippen molar-refractivity contribution in [1.82, 2.24) is 5.32 Å². The molecule has 96 valence electrons. The highest BCUT2D eigenvalue weighted by Gasteiger charge is 2.16. The van der Waals surface area contributed by atoms with Gasteiger partial charge in [-0.05, 0) is 52.9 Å². The zero-order valence-corrected chi connectivity index (χ0v) is 10.9. The van der Waals surface area contributed by atoms with Gasteiger partial charge in [0.25, 0.3) is 0 Å². The molecule has 2 aromatic rings. The van der Waals surface area contributed by atoms with Crippen LogP contribution in [0.2, 0.25) is 0 Å². The maximum atomic E-state index is 5.59. The Hall–Kier alpha value is -1.80. The maximum absolute atomic E-state index is 5.59. The van der Waals surface area contributed by atoms with Crippen LogP contribution in [0.3, 0.4) is 0 Å². The van der Waals surface area contributed by atoms with Gasteiger partial charge in [-0.3, -0.25) is 0 Å². The molecule has 2 heteroatoms. The molecule has 1 N–H and O–H groups in total. The van der Waals surface area contributed by atoms with Crippen molar-refractivity contribution in [2.45, 2.75) is 19.4 Å². The van der Waals surface area contributed by atoms with Crippen LogP contribution in [0.5, 0.6) is 5.75 Å². The Labute approximate surface area is 113 Å². The monoisotopic (exact) mass is 251 g/mol. The summed E-state index contributed by atoms with van der Waals surface area (Å²) in [5, 5.41) is 3.48. The van der Waals surface area contributed by atoms with Gasteiger partial charge in [-0.2, -0.15) is 0 Å². The van der Waals surface area contributed by atoms with E-state index < -0.39 is 0 Å². The summed E-state index contributed by atoms with van der Waals surface area (Å²) < 4.78 is 5.59. The number of fused-ring (bicyclic) bond motifs is 2. The lowest BCUT2D eigenvalue weighted by Crippen LogP contribution is -2.24. The summed E-state index contributed by atoms with van der Waals surface area (Å²) in [6.45, 7) is 2.90. The summed E-state index contributed by atoms with van der Waals surface area (Å²) in [6, 6.07) is 13.3. The first-order chi connectivity index (χ1) is 9.42. The first-order valence-electron chi connectivity index (χ1n) is 6.99. The van der Waals surface area contributed by atoms with Gasteiger partial charge in [0.2, 0.25) is 0 Å². The van der Waals surface area contributed by atoms with Crippen molar-refractivity contribution in [2.24, 2.45) is 0 Å². The van der Waals surface area contributed by atoms with Crippen molar-refractivity contribution in [3.05, 3.63) is 53.1 Å². The second kappa shape index (κ2) is 4.39. The minimum Gasteiger partial charge on any atom is -0.493 e. The van der Waals surface area contributed by atoms with E-state index >= 15 is 0 Å². The van der Waals surface area contributed by atoms with Gasteiger partial charge in [-0.1, -0.05) is 24.3 Å². The van der Waals surface area contributed by atoms with Gasteiger partial charge >= 0.3 is 0 Å². The number of hydrogen-bond acceptors (Lipinski definition) is 2. The van der Waals surface area contributed by atoms with Gasteiger partial charge in [-0.25, -0.2) is 0 Å². The van der Waals surface area contributed by atoms with E-state index in [1.165, 1.54) is 27.8 Å². The van der Waals surface area contributed by atoms with Gasteiger partial charge in [0.15, 0.2) is 0 Å². The SMILES string of the molecule is c1cc2c(c(-c3ccc4c(c3)CCO4)c1)CNCC2. The second-order valence-electron chi connectivity index (χ2n) is 5.29. The average molecular weight is 251 g/mol. The quantitative estimate of drug-likeness (QED) is 0.841. The molecule has 19 heavy (non-hydrogen) atoms. The highest BCUT2D eigenvalue weighted by Crippen LogP contribution is 2.33. The Bertz CT molecular complexity index is 633. The zero-order valence-electron chi connectivity index (χ0n) is 10.9. The molecule has 2 aliphatic heterocycles. The average Bonchev–Trinajstić information content (AvgIpc) is 2.94. The number of rotatable bonds is 1. The minimum absolute atomic E-state index is 0.827. The molecule has 0 aromatic heterocycles. The third-order valence-electron chi connectivity index (χ3n) is 4.15. The van der Waals surface area contributed by atoms with E-state index in [1.54, 1.807) is 0 Å². The topological polar surface area (TPSA) is 21.3 Å². The molecular formula is C17H17NO. The van der Waals surface area contributed by atoms with Crippen molar-refractivity contribution in [2.75, 3.05) is 13.2 Å². The fraction of sp³-hybridized carbons (Fsp3) is 0.294. The lowest BCUT2D eigenvalue weighted by molar-refractivity contribution is 0.357. The van der Waals surface area contributed by atoms with E-state index in [-0.39, 0.29) is 0 Å².